The lowest BCUT2D eigenvalue weighted by Gasteiger charge is -2.27. The van der Waals surface area contributed by atoms with Gasteiger partial charge in [-0.1, -0.05) is 23.7 Å². The number of ether oxygens (including phenoxy) is 1. The van der Waals surface area contributed by atoms with Gasteiger partial charge in [0.1, 0.15) is 11.9 Å². The zero-order chi connectivity index (χ0) is 26.7. The van der Waals surface area contributed by atoms with E-state index in [1.807, 2.05) is 0 Å². The van der Waals surface area contributed by atoms with Crippen LogP contribution in [0.3, 0.4) is 0 Å². The second-order valence-electron chi connectivity index (χ2n) is 8.19. The fourth-order valence-electron chi connectivity index (χ4n) is 3.95. The topological polar surface area (TPSA) is 101 Å². The molecule has 192 valence electrons. The molecular formula is C26H22ClFN2O6S. The summed E-state index contributed by atoms with van der Waals surface area (Å²) in [4.78, 5) is 39.1. The summed E-state index contributed by atoms with van der Waals surface area (Å²) in [7, 11) is -4.28. The molecule has 3 aromatic rings. The molecule has 4 rings (SSSR count). The van der Waals surface area contributed by atoms with Crippen LogP contribution in [0.4, 0.5) is 10.1 Å². The zero-order valence-electron chi connectivity index (χ0n) is 19.6. The summed E-state index contributed by atoms with van der Waals surface area (Å²) in [6, 6.07) is 14.9. The predicted octanol–water partition coefficient (Wildman–Crippen LogP) is 4.18. The second-order valence-corrected chi connectivity index (χ2v) is 10.5. The maximum atomic E-state index is 13.7. The summed E-state index contributed by atoms with van der Waals surface area (Å²) in [5.74, 6) is -2.39. The highest BCUT2D eigenvalue weighted by Gasteiger charge is 2.47. The predicted molar refractivity (Wildman–Crippen MR) is 134 cm³/mol. The third-order valence-corrected chi connectivity index (χ3v) is 7.90. The van der Waals surface area contributed by atoms with E-state index in [1.54, 1.807) is 6.92 Å². The van der Waals surface area contributed by atoms with Crippen molar-refractivity contribution in [1.29, 1.82) is 0 Å². The van der Waals surface area contributed by atoms with Gasteiger partial charge in [0.15, 0.2) is 0 Å². The van der Waals surface area contributed by atoms with Crippen molar-refractivity contribution in [3.8, 4) is 0 Å². The minimum Gasteiger partial charge on any atom is -0.462 e. The first-order chi connectivity index (χ1) is 17.6. The van der Waals surface area contributed by atoms with Crippen molar-refractivity contribution in [3.63, 3.8) is 0 Å². The van der Waals surface area contributed by atoms with E-state index < -0.39 is 46.1 Å². The third kappa shape index (κ3) is 5.56. The van der Waals surface area contributed by atoms with Crippen molar-refractivity contribution < 1.29 is 31.9 Å². The maximum absolute atomic E-state index is 13.7. The number of esters is 1. The highest BCUT2D eigenvalue weighted by atomic mass is 35.5. The summed E-state index contributed by atoms with van der Waals surface area (Å²) in [6.07, 6.45) is -0.396. The van der Waals surface area contributed by atoms with Gasteiger partial charge in [0.05, 0.1) is 29.2 Å². The molecule has 1 aliphatic rings. The Balaban J connectivity index is 1.69. The number of anilines is 1. The first-order valence-electron chi connectivity index (χ1n) is 11.3. The van der Waals surface area contributed by atoms with Gasteiger partial charge in [0.2, 0.25) is 15.9 Å². The van der Waals surface area contributed by atoms with Gasteiger partial charge in [-0.2, -0.15) is 4.31 Å². The maximum Gasteiger partial charge on any atom is 0.338 e. The van der Waals surface area contributed by atoms with Crippen LogP contribution in [0.25, 0.3) is 0 Å². The Hall–Kier alpha value is -3.60. The summed E-state index contributed by atoms with van der Waals surface area (Å²) in [5.41, 5.74) is 0.858. The first-order valence-corrected chi connectivity index (χ1v) is 13.1. The number of nitrogens with zero attached hydrogens (tertiary/aromatic N) is 2. The van der Waals surface area contributed by atoms with Crippen molar-refractivity contribution in [2.24, 2.45) is 0 Å². The number of hydrogen-bond acceptors (Lipinski definition) is 6. The molecule has 1 aliphatic heterocycles. The minimum atomic E-state index is -4.28. The number of carbonyl (C=O) groups excluding carboxylic acids is 3. The third-order valence-electron chi connectivity index (χ3n) is 5.78. The van der Waals surface area contributed by atoms with Crippen LogP contribution in [0, 0.1) is 5.82 Å². The van der Waals surface area contributed by atoms with Crippen LogP contribution >= 0.6 is 11.6 Å². The lowest BCUT2D eigenvalue weighted by molar-refractivity contribution is -0.122. The summed E-state index contributed by atoms with van der Waals surface area (Å²) < 4.78 is 46.6. The van der Waals surface area contributed by atoms with E-state index in [4.69, 9.17) is 16.3 Å². The molecule has 1 fully saturated rings. The molecule has 2 amide bonds. The van der Waals surface area contributed by atoms with Gasteiger partial charge < -0.3 is 4.74 Å². The molecule has 0 spiro atoms. The first kappa shape index (κ1) is 26.5. The van der Waals surface area contributed by atoms with Crippen LogP contribution in [0.2, 0.25) is 5.02 Å². The van der Waals surface area contributed by atoms with E-state index in [-0.39, 0.29) is 29.3 Å². The number of benzene rings is 3. The molecular weight excluding hydrogens is 523 g/mol. The lowest BCUT2D eigenvalue weighted by Crippen LogP contribution is -2.45. The number of carbonyl (C=O) groups is 3. The second kappa shape index (κ2) is 10.8. The molecule has 1 heterocycles. The summed E-state index contributed by atoms with van der Waals surface area (Å²) >= 11 is 5.91. The lowest BCUT2D eigenvalue weighted by atomic mass is 10.2. The van der Waals surface area contributed by atoms with Crippen LogP contribution in [0.1, 0.15) is 29.3 Å². The molecule has 0 N–H and O–H groups in total. The van der Waals surface area contributed by atoms with E-state index in [1.165, 1.54) is 72.8 Å². The molecule has 11 heteroatoms. The van der Waals surface area contributed by atoms with Crippen molar-refractivity contribution in [2.75, 3.05) is 11.5 Å². The molecule has 3 aromatic carbocycles. The van der Waals surface area contributed by atoms with Crippen molar-refractivity contribution >= 4 is 45.1 Å². The average Bonchev–Trinajstić information content (AvgIpc) is 3.17. The number of imide groups is 1. The SMILES string of the molecule is CCOC(=O)c1ccc(N2C(=O)CC(N(Cc3ccc(F)cc3)S(=O)(=O)c3ccc(Cl)cc3)C2=O)cc1. The van der Waals surface area contributed by atoms with Crippen LogP contribution in [-0.2, 0) is 30.9 Å². The van der Waals surface area contributed by atoms with Crippen molar-refractivity contribution in [2.45, 2.75) is 30.8 Å². The van der Waals surface area contributed by atoms with Gasteiger partial charge in [-0.3, -0.25) is 9.59 Å². The van der Waals surface area contributed by atoms with Crippen LogP contribution in [0.5, 0.6) is 0 Å². The Morgan fingerprint density at radius 3 is 2.24 bits per heavy atom. The standard InChI is InChI=1S/C26H22ClFN2O6S/c1-2-36-26(33)18-5-11-21(12-6-18)30-24(31)15-23(25(30)32)29(16-17-3-9-20(28)10-4-17)37(34,35)22-13-7-19(27)8-14-22/h3-14,23H,2,15-16H2,1H3. The molecule has 1 unspecified atom stereocenters. The fourth-order valence-corrected chi connectivity index (χ4v) is 5.64. The van der Waals surface area contributed by atoms with Gasteiger partial charge >= 0.3 is 5.97 Å². The Labute approximate surface area is 218 Å². The number of halogens is 2. The molecule has 0 radical (unpaired) electrons. The minimum absolute atomic E-state index is 0.114. The van der Waals surface area contributed by atoms with E-state index in [0.717, 1.165) is 9.21 Å². The Bertz CT molecular complexity index is 1430. The van der Waals surface area contributed by atoms with E-state index in [0.29, 0.717) is 10.6 Å². The van der Waals surface area contributed by atoms with Gasteiger partial charge in [0, 0.05) is 11.6 Å². The molecule has 0 aromatic heterocycles. The Morgan fingerprint density at radius 1 is 1.03 bits per heavy atom. The van der Waals surface area contributed by atoms with Gasteiger partial charge in [-0.15, -0.1) is 0 Å². The zero-order valence-corrected chi connectivity index (χ0v) is 21.2. The molecule has 8 nitrogen and oxygen atoms in total. The number of amides is 2. The number of rotatable bonds is 8. The van der Waals surface area contributed by atoms with Gasteiger partial charge in [-0.05, 0) is 73.2 Å². The Morgan fingerprint density at radius 2 is 1.65 bits per heavy atom. The fraction of sp³-hybridized carbons (Fsp3) is 0.192. The van der Waals surface area contributed by atoms with Crippen LogP contribution in [-0.4, -0.2) is 43.2 Å². The summed E-state index contributed by atoms with van der Waals surface area (Å²) in [6.45, 7) is 1.59. The monoisotopic (exact) mass is 544 g/mol. The average molecular weight is 545 g/mol. The van der Waals surface area contributed by atoms with Gasteiger partial charge in [-0.25, -0.2) is 22.5 Å². The highest BCUT2D eigenvalue weighted by molar-refractivity contribution is 7.89. The summed E-state index contributed by atoms with van der Waals surface area (Å²) in [5, 5.41) is 0.327. The normalized spacial score (nSPS) is 15.9. The van der Waals surface area contributed by atoms with Crippen molar-refractivity contribution in [3.05, 3.63) is 94.8 Å². The van der Waals surface area contributed by atoms with E-state index in [2.05, 4.69) is 0 Å². The van der Waals surface area contributed by atoms with Crippen LogP contribution in [0.15, 0.2) is 77.7 Å². The highest BCUT2D eigenvalue weighted by Crippen LogP contribution is 2.31. The largest absolute Gasteiger partial charge is 0.462 e. The smallest absolute Gasteiger partial charge is 0.338 e. The van der Waals surface area contributed by atoms with Crippen LogP contribution < -0.4 is 4.90 Å². The molecule has 0 aliphatic carbocycles. The van der Waals surface area contributed by atoms with Gasteiger partial charge in [0.25, 0.3) is 5.91 Å². The molecule has 1 saturated heterocycles. The number of hydrogen-bond donors (Lipinski definition) is 0. The Kier molecular flexibility index (Phi) is 7.72. The molecule has 0 bridgehead atoms. The molecule has 0 saturated carbocycles. The molecule has 1 atom stereocenters. The molecule has 37 heavy (non-hydrogen) atoms. The quantitative estimate of drug-likeness (QED) is 0.311. The van der Waals surface area contributed by atoms with E-state index >= 15 is 0 Å². The number of sulfonamides is 1. The van der Waals surface area contributed by atoms with Crippen molar-refractivity contribution in [1.82, 2.24) is 4.31 Å². The van der Waals surface area contributed by atoms with E-state index in [9.17, 15) is 27.2 Å².